The summed E-state index contributed by atoms with van der Waals surface area (Å²) in [5.41, 5.74) is -0.167. The molecule has 0 aromatic carbocycles. The molecule has 0 aliphatic heterocycles. The molecule has 2 rings (SSSR count). The number of rotatable bonds is 2. The Morgan fingerprint density at radius 1 is 1.15 bits per heavy atom. The highest BCUT2D eigenvalue weighted by atomic mass is 19.2. The van der Waals surface area contributed by atoms with Gasteiger partial charge in [0.1, 0.15) is 0 Å². The van der Waals surface area contributed by atoms with Crippen LogP contribution in [0.2, 0.25) is 0 Å². The van der Waals surface area contributed by atoms with Crippen LogP contribution in [0, 0.1) is 41.4 Å². The van der Waals surface area contributed by atoms with Crippen molar-refractivity contribution in [3.05, 3.63) is 29.3 Å². The van der Waals surface area contributed by atoms with Gasteiger partial charge < -0.3 is 0 Å². The second-order valence-electron chi connectivity index (χ2n) is 5.38. The minimum absolute atomic E-state index is 0.167. The highest BCUT2D eigenvalue weighted by Gasteiger charge is 2.19. The average molecular weight is 281 g/mol. The maximum absolute atomic E-state index is 13.3. The molecule has 0 amide bonds. The summed E-state index contributed by atoms with van der Waals surface area (Å²) in [5.74, 6) is 2.94. The zero-order valence-electron chi connectivity index (χ0n) is 11.6. The van der Waals surface area contributed by atoms with Gasteiger partial charge in [0.15, 0.2) is 5.82 Å². The topological polar surface area (TPSA) is 12.9 Å². The molecular formula is C16H18F3N. The van der Waals surface area contributed by atoms with E-state index in [0.717, 1.165) is 37.7 Å². The Morgan fingerprint density at radius 3 is 2.50 bits per heavy atom. The first-order valence-corrected chi connectivity index (χ1v) is 7.13. The third-order valence-corrected chi connectivity index (χ3v) is 3.84. The van der Waals surface area contributed by atoms with Crippen molar-refractivity contribution in [1.82, 2.24) is 4.98 Å². The van der Waals surface area contributed by atoms with E-state index in [9.17, 15) is 13.2 Å². The van der Waals surface area contributed by atoms with Crippen molar-refractivity contribution in [3.8, 4) is 11.8 Å². The zero-order valence-corrected chi connectivity index (χ0v) is 11.6. The van der Waals surface area contributed by atoms with Crippen LogP contribution in [-0.4, -0.2) is 4.98 Å². The Balaban J connectivity index is 2.00. The maximum atomic E-state index is 13.3. The van der Waals surface area contributed by atoms with Crippen LogP contribution in [0.3, 0.4) is 0 Å². The first kappa shape index (κ1) is 14.9. The number of aromatic nitrogens is 1. The van der Waals surface area contributed by atoms with Gasteiger partial charge in [0.2, 0.25) is 5.95 Å². The monoisotopic (exact) mass is 281 g/mol. The maximum Gasteiger partial charge on any atom is 0.251 e. The van der Waals surface area contributed by atoms with Gasteiger partial charge in [-0.2, -0.15) is 13.8 Å². The molecule has 0 radical (unpaired) electrons. The molecule has 0 unspecified atom stereocenters. The second kappa shape index (κ2) is 6.78. The second-order valence-corrected chi connectivity index (χ2v) is 5.38. The predicted molar refractivity (Wildman–Crippen MR) is 71.3 cm³/mol. The van der Waals surface area contributed by atoms with Crippen molar-refractivity contribution >= 4 is 0 Å². The van der Waals surface area contributed by atoms with Crippen LogP contribution >= 0.6 is 0 Å². The quantitative estimate of drug-likeness (QED) is 0.576. The van der Waals surface area contributed by atoms with Gasteiger partial charge in [-0.3, -0.25) is 0 Å². The van der Waals surface area contributed by atoms with Crippen LogP contribution in [0.4, 0.5) is 13.2 Å². The lowest BCUT2D eigenvalue weighted by molar-refractivity contribution is 0.300. The SMILES string of the molecule is CCCC1CCC(C#Cc2cc(F)c(F)nc2F)CC1. The Morgan fingerprint density at radius 2 is 1.85 bits per heavy atom. The summed E-state index contributed by atoms with van der Waals surface area (Å²) < 4.78 is 39.0. The molecule has 0 N–H and O–H groups in total. The number of hydrogen-bond acceptors (Lipinski definition) is 1. The van der Waals surface area contributed by atoms with Crippen LogP contribution in [0.1, 0.15) is 51.0 Å². The molecule has 1 saturated carbocycles. The van der Waals surface area contributed by atoms with Crippen molar-refractivity contribution in [1.29, 1.82) is 0 Å². The molecule has 4 heteroatoms. The number of halogens is 3. The summed E-state index contributed by atoms with van der Waals surface area (Å²) in [7, 11) is 0. The Kier molecular flexibility index (Phi) is 5.05. The van der Waals surface area contributed by atoms with Gasteiger partial charge in [0.05, 0.1) is 5.56 Å². The van der Waals surface area contributed by atoms with Crippen molar-refractivity contribution in [2.75, 3.05) is 0 Å². The van der Waals surface area contributed by atoms with Crippen LogP contribution in [0.5, 0.6) is 0 Å². The van der Waals surface area contributed by atoms with E-state index in [1.54, 1.807) is 0 Å². The molecule has 1 fully saturated rings. The van der Waals surface area contributed by atoms with E-state index in [-0.39, 0.29) is 11.5 Å². The predicted octanol–water partition coefficient (Wildman–Crippen LogP) is 4.46. The minimum atomic E-state index is -1.42. The summed E-state index contributed by atoms with van der Waals surface area (Å²) in [6, 6.07) is 0.771. The summed E-state index contributed by atoms with van der Waals surface area (Å²) in [6.45, 7) is 2.19. The van der Waals surface area contributed by atoms with Crippen LogP contribution in [-0.2, 0) is 0 Å². The Labute approximate surface area is 117 Å². The van der Waals surface area contributed by atoms with Crippen molar-refractivity contribution in [3.63, 3.8) is 0 Å². The zero-order chi connectivity index (χ0) is 14.5. The summed E-state index contributed by atoms with van der Waals surface area (Å²) in [5, 5.41) is 0. The van der Waals surface area contributed by atoms with Gasteiger partial charge in [0.25, 0.3) is 5.95 Å². The highest BCUT2D eigenvalue weighted by molar-refractivity contribution is 5.33. The fraction of sp³-hybridized carbons (Fsp3) is 0.562. The van der Waals surface area contributed by atoms with Gasteiger partial charge in [-0.1, -0.05) is 31.6 Å². The van der Waals surface area contributed by atoms with E-state index in [1.165, 1.54) is 12.8 Å². The van der Waals surface area contributed by atoms with E-state index in [0.29, 0.717) is 0 Å². The first-order valence-electron chi connectivity index (χ1n) is 7.13. The molecule has 1 aromatic heterocycles. The standard InChI is InChI=1S/C16H18F3N/c1-2-3-11-4-6-12(7-5-11)8-9-13-10-14(17)16(19)20-15(13)18/h10-12H,2-7H2,1H3. The van der Waals surface area contributed by atoms with Crippen LogP contribution < -0.4 is 0 Å². The largest absolute Gasteiger partial charge is 0.251 e. The van der Waals surface area contributed by atoms with Gasteiger partial charge in [-0.25, -0.2) is 4.39 Å². The van der Waals surface area contributed by atoms with Crippen LogP contribution in [0.15, 0.2) is 6.07 Å². The lowest BCUT2D eigenvalue weighted by atomic mass is 9.80. The molecule has 1 heterocycles. The molecule has 0 spiro atoms. The highest BCUT2D eigenvalue weighted by Crippen LogP contribution is 2.31. The molecular weight excluding hydrogens is 263 g/mol. The van der Waals surface area contributed by atoms with Gasteiger partial charge >= 0.3 is 0 Å². The van der Waals surface area contributed by atoms with Gasteiger partial charge in [-0.05, 0) is 37.7 Å². The normalized spacial score (nSPS) is 22.2. The molecule has 0 saturated heterocycles. The first-order chi connectivity index (χ1) is 9.60. The molecule has 20 heavy (non-hydrogen) atoms. The molecule has 1 aliphatic rings. The van der Waals surface area contributed by atoms with E-state index in [2.05, 4.69) is 23.7 Å². The summed E-state index contributed by atoms with van der Waals surface area (Å²) >= 11 is 0. The van der Waals surface area contributed by atoms with E-state index >= 15 is 0 Å². The third kappa shape index (κ3) is 3.75. The van der Waals surface area contributed by atoms with Crippen molar-refractivity contribution < 1.29 is 13.2 Å². The molecule has 0 bridgehead atoms. The van der Waals surface area contributed by atoms with Gasteiger partial charge in [0, 0.05) is 5.92 Å². The number of nitrogens with zero attached hydrogens (tertiary/aromatic N) is 1. The van der Waals surface area contributed by atoms with Crippen LogP contribution in [0.25, 0.3) is 0 Å². The lowest BCUT2D eigenvalue weighted by Gasteiger charge is -2.25. The van der Waals surface area contributed by atoms with Crippen molar-refractivity contribution in [2.24, 2.45) is 11.8 Å². The lowest BCUT2D eigenvalue weighted by Crippen LogP contribution is -2.13. The molecule has 1 nitrogen and oxygen atoms in total. The molecule has 1 aliphatic carbocycles. The third-order valence-electron chi connectivity index (χ3n) is 3.84. The molecule has 0 atom stereocenters. The Bertz CT molecular complexity index is 523. The Hall–Kier alpha value is -1.50. The fourth-order valence-electron chi connectivity index (χ4n) is 2.72. The van der Waals surface area contributed by atoms with Crippen molar-refractivity contribution in [2.45, 2.75) is 45.4 Å². The van der Waals surface area contributed by atoms with E-state index in [1.807, 2.05) is 0 Å². The minimum Gasteiger partial charge on any atom is -0.202 e. The fourth-order valence-corrected chi connectivity index (χ4v) is 2.72. The average Bonchev–Trinajstić information content (AvgIpc) is 2.43. The molecule has 1 aromatic rings. The summed E-state index contributed by atoms with van der Waals surface area (Å²) in [6.07, 6.45) is 6.73. The number of hydrogen-bond donors (Lipinski definition) is 0. The van der Waals surface area contributed by atoms with E-state index < -0.39 is 17.7 Å². The van der Waals surface area contributed by atoms with E-state index in [4.69, 9.17) is 0 Å². The summed E-state index contributed by atoms with van der Waals surface area (Å²) in [4.78, 5) is 2.86. The smallest absolute Gasteiger partial charge is 0.202 e. The van der Waals surface area contributed by atoms with Gasteiger partial charge in [-0.15, -0.1) is 0 Å². The number of pyridine rings is 1. The molecule has 108 valence electrons.